The summed E-state index contributed by atoms with van der Waals surface area (Å²) >= 11 is 7.31. The van der Waals surface area contributed by atoms with Gasteiger partial charge < -0.3 is 6.15 Å². The average Bonchev–Trinajstić information content (AvgIpc) is 2.71. The summed E-state index contributed by atoms with van der Waals surface area (Å²) in [6.45, 7) is 7.02. The van der Waals surface area contributed by atoms with Crippen molar-refractivity contribution in [3.63, 3.8) is 0 Å². The Hall–Kier alpha value is 0.250. The van der Waals surface area contributed by atoms with Crippen molar-refractivity contribution >= 4 is 11.6 Å². The van der Waals surface area contributed by atoms with Crippen LogP contribution in [0.4, 0.5) is 0 Å². The van der Waals surface area contributed by atoms with Gasteiger partial charge in [0, 0.05) is 4.87 Å². The average molecular weight is 416 g/mol. The Kier molecular flexibility index (Phi) is 18.2. The third-order valence-electron chi connectivity index (χ3n) is 7.40. The van der Waals surface area contributed by atoms with Gasteiger partial charge in [-0.25, -0.2) is 0 Å². The van der Waals surface area contributed by atoms with Gasteiger partial charge in [0.1, 0.15) is 0 Å². The highest BCUT2D eigenvalue weighted by Gasteiger charge is 2.41. The molecule has 0 amide bonds. The summed E-state index contributed by atoms with van der Waals surface area (Å²) in [4.78, 5) is 0.0902. The molecule has 3 N–H and O–H groups in total. The lowest BCUT2D eigenvalue weighted by atomic mass is 9.70. The second-order valence-electron chi connectivity index (χ2n) is 9.40. The van der Waals surface area contributed by atoms with E-state index >= 15 is 0 Å². The van der Waals surface area contributed by atoms with Crippen LogP contribution in [-0.2, 0) is 0 Å². The molecular weight excluding hydrogens is 362 g/mol. The largest absolute Gasteiger partial charge is 0.344 e. The lowest BCUT2D eigenvalue weighted by Crippen LogP contribution is -2.40. The Bertz CT molecular complexity index is 326. The van der Waals surface area contributed by atoms with E-state index in [4.69, 9.17) is 11.6 Å². The third kappa shape index (κ3) is 10.9. The molecule has 1 aliphatic rings. The third-order valence-corrected chi connectivity index (χ3v) is 8.29. The highest BCUT2D eigenvalue weighted by molar-refractivity contribution is 6.24. The predicted molar refractivity (Wildman–Crippen MR) is 130 cm³/mol. The Morgan fingerprint density at radius 1 is 0.714 bits per heavy atom. The topological polar surface area (TPSA) is 35.0 Å². The fourth-order valence-electron chi connectivity index (χ4n) is 5.51. The Morgan fingerprint density at radius 3 is 1.61 bits per heavy atom. The monoisotopic (exact) mass is 415 g/mol. The first-order chi connectivity index (χ1) is 13.2. The molecular formula is C26H54ClN. The molecule has 0 aromatic heterocycles. The van der Waals surface area contributed by atoms with Crippen LogP contribution in [0.25, 0.3) is 0 Å². The second-order valence-corrected chi connectivity index (χ2v) is 10.1. The van der Waals surface area contributed by atoms with Gasteiger partial charge in [0.05, 0.1) is 0 Å². The molecule has 1 nitrogen and oxygen atoms in total. The molecule has 1 saturated carbocycles. The number of unbranched alkanes of at least 4 members (excludes halogenated alkanes) is 11. The van der Waals surface area contributed by atoms with Crippen molar-refractivity contribution in [3.05, 3.63) is 0 Å². The van der Waals surface area contributed by atoms with Crippen LogP contribution in [0, 0.1) is 11.8 Å². The minimum atomic E-state index is 0. The zero-order valence-corrected chi connectivity index (χ0v) is 20.6. The van der Waals surface area contributed by atoms with Gasteiger partial charge in [-0.05, 0) is 37.5 Å². The molecule has 1 aliphatic carbocycles. The normalized spacial score (nSPS) is 18.4. The van der Waals surface area contributed by atoms with Crippen LogP contribution >= 0.6 is 11.6 Å². The van der Waals surface area contributed by atoms with E-state index in [0.717, 1.165) is 18.3 Å². The minimum absolute atomic E-state index is 0. The van der Waals surface area contributed by atoms with Crippen LogP contribution in [0.2, 0.25) is 0 Å². The fourth-order valence-corrected chi connectivity index (χ4v) is 5.99. The molecule has 2 heteroatoms. The summed E-state index contributed by atoms with van der Waals surface area (Å²) in [5.41, 5.74) is 0. The van der Waals surface area contributed by atoms with Gasteiger partial charge in [-0.1, -0.05) is 124 Å². The van der Waals surface area contributed by atoms with Crippen molar-refractivity contribution in [2.75, 3.05) is 0 Å². The first-order valence-corrected chi connectivity index (χ1v) is 13.3. The van der Waals surface area contributed by atoms with Crippen LogP contribution in [-0.4, -0.2) is 4.87 Å². The van der Waals surface area contributed by atoms with E-state index in [-0.39, 0.29) is 11.0 Å². The molecule has 0 heterocycles. The van der Waals surface area contributed by atoms with Gasteiger partial charge in [-0.15, -0.1) is 11.6 Å². The quantitative estimate of drug-likeness (QED) is 0.186. The molecule has 1 rings (SSSR count). The van der Waals surface area contributed by atoms with Crippen LogP contribution in [0.5, 0.6) is 0 Å². The van der Waals surface area contributed by atoms with Gasteiger partial charge in [-0.2, -0.15) is 0 Å². The van der Waals surface area contributed by atoms with Crippen LogP contribution in [0.1, 0.15) is 149 Å². The van der Waals surface area contributed by atoms with E-state index in [1.807, 2.05) is 0 Å². The second kappa shape index (κ2) is 18.1. The Morgan fingerprint density at radius 2 is 1.18 bits per heavy atom. The summed E-state index contributed by atoms with van der Waals surface area (Å²) in [5, 5.41) is 0. The maximum Gasteiger partial charge on any atom is 0.0500 e. The van der Waals surface area contributed by atoms with Crippen LogP contribution in [0.15, 0.2) is 0 Å². The van der Waals surface area contributed by atoms with E-state index < -0.39 is 0 Å². The standard InChI is InChI=1S/C26H51Cl.H3N/c1-4-7-8-9-10-11-12-13-14-15-16-18-21-24(5-2)26(27,6-3)25-22-19-17-20-23-25;/h24-25H,4-23H2,1-3H3;1H3. The van der Waals surface area contributed by atoms with Crippen molar-refractivity contribution in [3.8, 4) is 0 Å². The first kappa shape index (κ1) is 28.2. The molecule has 0 aliphatic heterocycles. The van der Waals surface area contributed by atoms with E-state index in [0.29, 0.717) is 0 Å². The van der Waals surface area contributed by atoms with E-state index in [1.54, 1.807) is 0 Å². The summed E-state index contributed by atoms with van der Waals surface area (Å²) < 4.78 is 0. The lowest BCUT2D eigenvalue weighted by molar-refractivity contribution is 0.184. The summed E-state index contributed by atoms with van der Waals surface area (Å²) in [7, 11) is 0. The van der Waals surface area contributed by atoms with Gasteiger partial charge in [-0.3, -0.25) is 0 Å². The molecule has 0 saturated heterocycles. The van der Waals surface area contributed by atoms with Crippen molar-refractivity contribution in [2.24, 2.45) is 11.8 Å². The van der Waals surface area contributed by atoms with Crippen LogP contribution < -0.4 is 6.15 Å². The minimum Gasteiger partial charge on any atom is -0.344 e. The predicted octanol–water partition coefficient (Wildman–Crippen LogP) is 10.2. The van der Waals surface area contributed by atoms with Gasteiger partial charge in [0.25, 0.3) is 0 Å². The molecule has 0 spiro atoms. The summed E-state index contributed by atoms with van der Waals surface area (Å²) in [5.74, 6) is 1.51. The molecule has 0 radical (unpaired) electrons. The number of hydrogen-bond donors (Lipinski definition) is 1. The maximum atomic E-state index is 7.31. The van der Waals surface area contributed by atoms with Gasteiger partial charge in [0.15, 0.2) is 0 Å². The van der Waals surface area contributed by atoms with Crippen molar-refractivity contribution < 1.29 is 0 Å². The molecule has 0 aromatic carbocycles. The molecule has 0 aromatic rings. The van der Waals surface area contributed by atoms with Gasteiger partial charge >= 0.3 is 0 Å². The molecule has 2 unspecified atom stereocenters. The smallest absolute Gasteiger partial charge is 0.0500 e. The lowest BCUT2D eigenvalue weighted by Gasteiger charge is -2.43. The number of rotatable bonds is 17. The van der Waals surface area contributed by atoms with Crippen molar-refractivity contribution in [1.29, 1.82) is 0 Å². The van der Waals surface area contributed by atoms with E-state index in [1.165, 1.54) is 122 Å². The number of hydrogen-bond acceptors (Lipinski definition) is 1. The molecule has 1 fully saturated rings. The number of halogens is 1. The SMILES string of the molecule is CCCCCCCCCCCCCCC(CC)C(Cl)(CC)C1CCCCC1.N. The summed E-state index contributed by atoms with van der Waals surface area (Å²) in [6.07, 6.45) is 28.1. The zero-order chi connectivity index (χ0) is 19.8. The maximum absolute atomic E-state index is 7.31. The molecule has 28 heavy (non-hydrogen) atoms. The first-order valence-electron chi connectivity index (χ1n) is 12.9. The highest BCUT2D eigenvalue weighted by Crippen LogP contribution is 2.47. The number of alkyl halides is 1. The van der Waals surface area contributed by atoms with E-state index in [9.17, 15) is 0 Å². The fraction of sp³-hybridized carbons (Fsp3) is 1.00. The summed E-state index contributed by atoms with van der Waals surface area (Å²) in [6, 6.07) is 0. The van der Waals surface area contributed by atoms with Gasteiger partial charge in [0.2, 0.25) is 0 Å². The molecule has 0 bridgehead atoms. The Balaban J connectivity index is 0.00000729. The zero-order valence-electron chi connectivity index (χ0n) is 19.9. The van der Waals surface area contributed by atoms with E-state index in [2.05, 4.69) is 20.8 Å². The van der Waals surface area contributed by atoms with Crippen LogP contribution in [0.3, 0.4) is 0 Å². The van der Waals surface area contributed by atoms with Crippen molar-refractivity contribution in [2.45, 2.75) is 154 Å². The van der Waals surface area contributed by atoms with Crippen molar-refractivity contribution in [1.82, 2.24) is 6.15 Å². The highest BCUT2D eigenvalue weighted by atomic mass is 35.5. The molecule has 170 valence electrons. The molecule has 2 atom stereocenters. The Labute approximate surface area is 183 Å².